The van der Waals surface area contributed by atoms with Crippen LogP contribution in [0.2, 0.25) is 0 Å². The number of hydrogen-bond acceptors (Lipinski definition) is 3. The Hall–Kier alpha value is -0.610. The van der Waals surface area contributed by atoms with Crippen molar-refractivity contribution in [2.24, 2.45) is 5.73 Å². The second-order valence-electron chi connectivity index (χ2n) is 5.50. The Labute approximate surface area is 105 Å². The fourth-order valence-corrected chi connectivity index (χ4v) is 2.29. The zero-order valence-electron chi connectivity index (χ0n) is 11.6. The maximum absolute atomic E-state index is 12.0. The van der Waals surface area contributed by atoms with Gasteiger partial charge in [-0.2, -0.15) is 0 Å². The van der Waals surface area contributed by atoms with Gasteiger partial charge in [-0.1, -0.05) is 0 Å². The van der Waals surface area contributed by atoms with Crippen LogP contribution in [0.15, 0.2) is 0 Å². The minimum atomic E-state index is -0.375. The lowest BCUT2D eigenvalue weighted by Crippen LogP contribution is -2.53. The van der Waals surface area contributed by atoms with Crippen molar-refractivity contribution < 1.29 is 4.79 Å². The summed E-state index contributed by atoms with van der Waals surface area (Å²) in [6.07, 6.45) is 3.44. The van der Waals surface area contributed by atoms with E-state index >= 15 is 0 Å². The van der Waals surface area contributed by atoms with Crippen molar-refractivity contribution in [2.75, 3.05) is 20.1 Å². The van der Waals surface area contributed by atoms with E-state index < -0.39 is 0 Å². The van der Waals surface area contributed by atoms with E-state index in [1.165, 1.54) is 6.42 Å². The summed E-state index contributed by atoms with van der Waals surface area (Å²) in [5.41, 5.74) is 5.71. The summed E-state index contributed by atoms with van der Waals surface area (Å²) < 4.78 is 0. The fourth-order valence-electron chi connectivity index (χ4n) is 2.29. The van der Waals surface area contributed by atoms with Crippen LogP contribution in [-0.4, -0.2) is 54.0 Å². The lowest BCUT2D eigenvalue weighted by Gasteiger charge is -2.39. The first kappa shape index (κ1) is 14.5. The van der Waals surface area contributed by atoms with Gasteiger partial charge in [-0.25, -0.2) is 0 Å². The van der Waals surface area contributed by atoms with E-state index in [2.05, 4.69) is 25.8 Å². The topological polar surface area (TPSA) is 49.6 Å². The molecule has 0 aliphatic carbocycles. The van der Waals surface area contributed by atoms with Crippen molar-refractivity contribution in [3.63, 3.8) is 0 Å². The monoisotopic (exact) mass is 241 g/mol. The quantitative estimate of drug-likeness (QED) is 0.800. The van der Waals surface area contributed by atoms with Crippen LogP contribution in [0.1, 0.15) is 40.0 Å². The van der Waals surface area contributed by atoms with E-state index in [4.69, 9.17) is 5.73 Å². The summed E-state index contributed by atoms with van der Waals surface area (Å²) in [7, 11) is 2.12. The van der Waals surface area contributed by atoms with Crippen LogP contribution in [0.4, 0.5) is 0 Å². The normalized spacial score (nSPS) is 23.2. The number of hydrogen-bond donors (Lipinski definition) is 1. The maximum Gasteiger partial charge on any atom is 0.239 e. The smallest absolute Gasteiger partial charge is 0.239 e. The molecule has 2 atom stereocenters. The molecule has 4 nitrogen and oxygen atoms in total. The summed E-state index contributed by atoms with van der Waals surface area (Å²) >= 11 is 0. The van der Waals surface area contributed by atoms with E-state index in [1.54, 1.807) is 6.92 Å². The molecule has 1 amide bonds. The third-order valence-corrected chi connectivity index (χ3v) is 3.68. The lowest BCUT2D eigenvalue weighted by atomic mass is 10.0. The SMILES string of the molecule is CC(N)C(=O)N1CCCCC1CN(C)C(C)C. The highest BCUT2D eigenvalue weighted by Crippen LogP contribution is 2.19. The van der Waals surface area contributed by atoms with Gasteiger partial charge in [0.1, 0.15) is 0 Å². The maximum atomic E-state index is 12.0. The van der Waals surface area contributed by atoms with Gasteiger partial charge >= 0.3 is 0 Å². The number of amides is 1. The molecule has 1 saturated heterocycles. The van der Waals surface area contributed by atoms with Gasteiger partial charge in [0.2, 0.25) is 5.91 Å². The molecule has 2 N–H and O–H groups in total. The molecule has 0 aromatic carbocycles. The minimum Gasteiger partial charge on any atom is -0.337 e. The van der Waals surface area contributed by atoms with Gasteiger partial charge in [0.25, 0.3) is 0 Å². The molecule has 0 saturated carbocycles. The molecule has 1 fully saturated rings. The number of likely N-dealkylation sites (N-methyl/N-ethyl adjacent to an activating group) is 1. The van der Waals surface area contributed by atoms with E-state index in [9.17, 15) is 4.79 Å². The predicted molar refractivity (Wildman–Crippen MR) is 70.8 cm³/mol. The first-order valence-corrected chi connectivity index (χ1v) is 6.69. The van der Waals surface area contributed by atoms with Crippen molar-refractivity contribution >= 4 is 5.91 Å². The molecule has 1 aliphatic rings. The zero-order chi connectivity index (χ0) is 13.0. The number of piperidine rings is 1. The fraction of sp³-hybridized carbons (Fsp3) is 0.923. The average Bonchev–Trinajstić information content (AvgIpc) is 2.28. The highest BCUT2D eigenvalue weighted by Gasteiger charge is 2.29. The van der Waals surface area contributed by atoms with Gasteiger partial charge in [0.15, 0.2) is 0 Å². The van der Waals surface area contributed by atoms with Crippen molar-refractivity contribution in [1.82, 2.24) is 9.80 Å². The number of rotatable bonds is 4. The van der Waals surface area contributed by atoms with Crippen LogP contribution >= 0.6 is 0 Å². The third kappa shape index (κ3) is 3.96. The summed E-state index contributed by atoms with van der Waals surface area (Å²) in [6.45, 7) is 7.97. The Morgan fingerprint density at radius 1 is 1.41 bits per heavy atom. The van der Waals surface area contributed by atoms with Crippen molar-refractivity contribution in [2.45, 2.75) is 58.2 Å². The van der Waals surface area contributed by atoms with Gasteiger partial charge in [-0.3, -0.25) is 4.79 Å². The molecular formula is C13H27N3O. The number of carbonyl (C=O) groups excluding carboxylic acids is 1. The van der Waals surface area contributed by atoms with Crippen molar-refractivity contribution in [3.8, 4) is 0 Å². The highest BCUT2D eigenvalue weighted by atomic mass is 16.2. The van der Waals surface area contributed by atoms with E-state index in [0.29, 0.717) is 12.1 Å². The number of carbonyl (C=O) groups is 1. The van der Waals surface area contributed by atoms with E-state index in [-0.39, 0.29) is 11.9 Å². The van der Waals surface area contributed by atoms with Crippen LogP contribution < -0.4 is 5.73 Å². The third-order valence-electron chi connectivity index (χ3n) is 3.68. The Kier molecular flexibility index (Phi) is 5.40. The molecule has 0 spiro atoms. The summed E-state index contributed by atoms with van der Waals surface area (Å²) in [5.74, 6) is 0.104. The summed E-state index contributed by atoms with van der Waals surface area (Å²) in [6, 6.07) is 0.485. The van der Waals surface area contributed by atoms with Gasteiger partial charge in [-0.15, -0.1) is 0 Å². The van der Waals surface area contributed by atoms with Gasteiger partial charge in [0.05, 0.1) is 6.04 Å². The highest BCUT2D eigenvalue weighted by molar-refractivity contribution is 5.81. The molecule has 1 aliphatic heterocycles. The van der Waals surface area contributed by atoms with Gasteiger partial charge in [0, 0.05) is 25.2 Å². The molecule has 0 aromatic heterocycles. The first-order chi connectivity index (χ1) is 7.93. The van der Waals surface area contributed by atoms with Crippen LogP contribution in [0.5, 0.6) is 0 Å². The molecule has 4 heteroatoms. The zero-order valence-corrected chi connectivity index (χ0v) is 11.6. The van der Waals surface area contributed by atoms with E-state index in [1.807, 2.05) is 4.90 Å². The van der Waals surface area contributed by atoms with Crippen LogP contribution in [0.25, 0.3) is 0 Å². The molecule has 0 bridgehead atoms. The molecular weight excluding hydrogens is 214 g/mol. The number of nitrogens with two attached hydrogens (primary N) is 1. The summed E-state index contributed by atoms with van der Waals surface area (Å²) in [5, 5.41) is 0. The Morgan fingerprint density at radius 3 is 2.59 bits per heavy atom. The second-order valence-corrected chi connectivity index (χ2v) is 5.50. The van der Waals surface area contributed by atoms with Gasteiger partial charge in [-0.05, 0) is 47.1 Å². The molecule has 2 unspecified atom stereocenters. The van der Waals surface area contributed by atoms with Crippen LogP contribution in [0, 0.1) is 0 Å². The number of likely N-dealkylation sites (tertiary alicyclic amines) is 1. The van der Waals surface area contributed by atoms with E-state index in [0.717, 1.165) is 25.9 Å². The molecule has 1 heterocycles. The molecule has 17 heavy (non-hydrogen) atoms. The van der Waals surface area contributed by atoms with Gasteiger partial charge < -0.3 is 15.5 Å². The molecule has 100 valence electrons. The largest absolute Gasteiger partial charge is 0.337 e. The Balaban J connectivity index is 2.63. The molecule has 0 aromatic rings. The second kappa shape index (κ2) is 6.36. The molecule has 0 radical (unpaired) electrons. The van der Waals surface area contributed by atoms with Crippen molar-refractivity contribution in [1.29, 1.82) is 0 Å². The standard InChI is InChI=1S/C13H27N3O/c1-10(2)15(4)9-12-7-5-6-8-16(12)13(17)11(3)14/h10-12H,5-9,14H2,1-4H3. The van der Waals surface area contributed by atoms with Crippen molar-refractivity contribution in [3.05, 3.63) is 0 Å². The van der Waals surface area contributed by atoms with Crippen LogP contribution in [-0.2, 0) is 4.79 Å². The Morgan fingerprint density at radius 2 is 2.06 bits per heavy atom. The predicted octanol–water partition coefficient (Wildman–Crippen LogP) is 1.05. The minimum absolute atomic E-state index is 0.104. The molecule has 1 rings (SSSR count). The first-order valence-electron chi connectivity index (χ1n) is 6.69. The number of nitrogens with zero attached hydrogens (tertiary/aromatic N) is 2. The average molecular weight is 241 g/mol. The summed E-state index contributed by atoms with van der Waals surface area (Å²) in [4.78, 5) is 16.3. The Bertz CT molecular complexity index is 253. The van der Waals surface area contributed by atoms with Crippen LogP contribution in [0.3, 0.4) is 0 Å². The lowest BCUT2D eigenvalue weighted by molar-refractivity contribution is -0.136.